The number of phosphoric acid groups is 2. The quantitative estimate of drug-likeness (QED) is 0.0169. The van der Waals surface area contributed by atoms with Crippen molar-refractivity contribution in [2.45, 2.75) is 356 Å². The van der Waals surface area contributed by atoms with Crippen LogP contribution < -0.4 is 0 Å². The van der Waals surface area contributed by atoms with Gasteiger partial charge in [-0.25, -0.2) is 9.13 Å². The molecular formula is C72H136O17P2. The number of esters is 4. The lowest BCUT2D eigenvalue weighted by Crippen LogP contribution is -2.30. The van der Waals surface area contributed by atoms with Gasteiger partial charge in [0.15, 0.2) is 12.2 Å². The largest absolute Gasteiger partial charge is 0.472 e. The second-order valence-electron chi connectivity index (χ2n) is 26.7. The highest BCUT2D eigenvalue weighted by Crippen LogP contribution is 2.45. The van der Waals surface area contributed by atoms with Gasteiger partial charge in [0.25, 0.3) is 0 Å². The Labute approximate surface area is 554 Å². The van der Waals surface area contributed by atoms with Crippen LogP contribution in [0, 0.1) is 17.8 Å². The van der Waals surface area contributed by atoms with E-state index in [1.807, 2.05) is 0 Å². The van der Waals surface area contributed by atoms with Crippen LogP contribution in [-0.4, -0.2) is 96.7 Å². The minimum atomic E-state index is -4.96. The van der Waals surface area contributed by atoms with Crippen molar-refractivity contribution in [1.82, 2.24) is 0 Å². The summed E-state index contributed by atoms with van der Waals surface area (Å²) in [5, 5.41) is 10.6. The molecule has 3 unspecified atom stereocenters. The molecular weight excluding hydrogens is 1200 g/mol. The van der Waals surface area contributed by atoms with Crippen molar-refractivity contribution in [3.8, 4) is 0 Å². The monoisotopic (exact) mass is 1330 g/mol. The van der Waals surface area contributed by atoms with Gasteiger partial charge >= 0.3 is 39.5 Å². The summed E-state index contributed by atoms with van der Waals surface area (Å²) in [6, 6.07) is 0. The molecule has 0 amide bonds. The fourth-order valence-corrected chi connectivity index (χ4v) is 11.9. The van der Waals surface area contributed by atoms with E-state index >= 15 is 0 Å². The normalized spacial score (nSPS) is 14.3. The highest BCUT2D eigenvalue weighted by molar-refractivity contribution is 7.47. The summed E-state index contributed by atoms with van der Waals surface area (Å²) >= 11 is 0. The molecule has 0 heterocycles. The third-order valence-corrected chi connectivity index (χ3v) is 17.9. The van der Waals surface area contributed by atoms with Crippen molar-refractivity contribution in [1.29, 1.82) is 0 Å². The fraction of sp³-hybridized carbons (Fsp3) is 0.889. The van der Waals surface area contributed by atoms with Gasteiger partial charge in [0, 0.05) is 25.7 Å². The fourth-order valence-electron chi connectivity index (χ4n) is 10.4. The third-order valence-electron chi connectivity index (χ3n) is 16.0. The average Bonchev–Trinajstić information content (AvgIpc) is 3.21. The molecule has 0 aromatic rings. The Hall–Kier alpha value is -2.46. The molecule has 91 heavy (non-hydrogen) atoms. The van der Waals surface area contributed by atoms with Crippen LogP contribution in [0.4, 0.5) is 0 Å². The number of hydrogen-bond acceptors (Lipinski definition) is 15. The number of ether oxygens (including phenoxy) is 4. The topological polar surface area (TPSA) is 237 Å². The Morgan fingerprint density at radius 3 is 0.890 bits per heavy atom. The van der Waals surface area contributed by atoms with Gasteiger partial charge in [-0.2, -0.15) is 0 Å². The molecule has 0 aliphatic rings. The van der Waals surface area contributed by atoms with Crippen LogP contribution in [0.3, 0.4) is 0 Å². The molecule has 0 aliphatic carbocycles. The number of unbranched alkanes of at least 4 members (excludes halogenated alkanes) is 33. The Balaban J connectivity index is 5.30. The molecule has 19 heteroatoms. The lowest BCUT2D eigenvalue weighted by atomic mass is 10.0. The lowest BCUT2D eigenvalue weighted by Gasteiger charge is -2.21. The molecule has 0 aromatic heterocycles. The van der Waals surface area contributed by atoms with Crippen LogP contribution in [0.1, 0.15) is 337 Å². The zero-order valence-electron chi connectivity index (χ0n) is 58.8. The summed E-state index contributed by atoms with van der Waals surface area (Å²) in [5.41, 5.74) is 0. The molecule has 0 aromatic carbocycles. The Kier molecular flexibility index (Phi) is 60.7. The van der Waals surface area contributed by atoms with Crippen LogP contribution in [0.15, 0.2) is 24.3 Å². The first-order chi connectivity index (χ1) is 43.7. The molecule has 17 nitrogen and oxygen atoms in total. The molecule has 0 rings (SSSR count). The number of phosphoric ester groups is 2. The Bertz CT molecular complexity index is 1880. The highest BCUT2D eigenvalue weighted by Gasteiger charge is 2.30. The van der Waals surface area contributed by atoms with E-state index in [-0.39, 0.29) is 25.7 Å². The summed E-state index contributed by atoms with van der Waals surface area (Å²) in [7, 11) is -9.92. The lowest BCUT2D eigenvalue weighted by molar-refractivity contribution is -0.161. The van der Waals surface area contributed by atoms with Crippen molar-refractivity contribution in [2.75, 3.05) is 39.6 Å². The summed E-state index contributed by atoms with van der Waals surface area (Å²) in [6.07, 6.45) is 49.5. The molecule has 3 N–H and O–H groups in total. The second kappa shape index (κ2) is 62.4. The van der Waals surface area contributed by atoms with Gasteiger partial charge in [-0.1, -0.05) is 285 Å². The summed E-state index contributed by atoms with van der Waals surface area (Å²) < 4.78 is 68.3. The van der Waals surface area contributed by atoms with Crippen molar-refractivity contribution >= 4 is 39.5 Å². The smallest absolute Gasteiger partial charge is 0.462 e. The molecule has 0 radical (unpaired) electrons. The second-order valence-corrected chi connectivity index (χ2v) is 29.6. The van der Waals surface area contributed by atoms with E-state index in [0.29, 0.717) is 31.6 Å². The first-order valence-electron chi connectivity index (χ1n) is 36.7. The van der Waals surface area contributed by atoms with Gasteiger partial charge < -0.3 is 33.8 Å². The van der Waals surface area contributed by atoms with E-state index in [0.717, 1.165) is 121 Å². The van der Waals surface area contributed by atoms with Crippen LogP contribution in [0.25, 0.3) is 0 Å². The number of carbonyl (C=O) groups is 4. The predicted octanol–water partition coefficient (Wildman–Crippen LogP) is 20.2. The number of hydrogen-bond donors (Lipinski definition) is 3. The number of aliphatic hydroxyl groups excluding tert-OH is 1. The van der Waals surface area contributed by atoms with Gasteiger partial charge in [0.1, 0.15) is 19.3 Å². The SMILES string of the molecule is CCCCCC/C=C\C=C/CCCCCCCC(=O)O[C@H](COC(=O)CCCCCCCCCCCCCC(C)C)COP(=O)(O)OCC(O)COP(=O)(O)OC[C@@H](COC(=O)CCCCCCCCCC(C)C)OC(=O)CCCCCCCCCCCC(C)C. The van der Waals surface area contributed by atoms with Gasteiger partial charge in [0.2, 0.25) is 0 Å². The molecule has 0 spiro atoms. The number of allylic oxidation sites excluding steroid dienone is 4. The first-order valence-corrected chi connectivity index (χ1v) is 39.7. The van der Waals surface area contributed by atoms with Crippen LogP contribution >= 0.6 is 15.6 Å². The van der Waals surface area contributed by atoms with Gasteiger partial charge in [-0.15, -0.1) is 0 Å². The highest BCUT2D eigenvalue weighted by atomic mass is 31.2. The van der Waals surface area contributed by atoms with Crippen LogP contribution in [0.2, 0.25) is 0 Å². The van der Waals surface area contributed by atoms with Gasteiger partial charge in [-0.3, -0.25) is 37.3 Å². The molecule has 0 saturated heterocycles. The Morgan fingerprint density at radius 1 is 0.341 bits per heavy atom. The van der Waals surface area contributed by atoms with E-state index in [2.05, 4.69) is 72.8 Å². The first kappa shape index (κ1) is 88.5. The van der Waals surface area contributed by atoms with Crippen LogP contribution in [0.5, 0.6) is 0 Å². The van der Waals surface area contributed by atoms with E-state index in [4.69, 9.17) is 37.0 Å². The van der Waals surface area contributed by atoms with Gasteiger partial charge in [-0.05, 0) is 69.1 Å². The van der Waals surface area contributed by atoms with Crippen LogP contribution in [-0.2, 0) is 65.4 Å². The van der Waals surface area contributed by atoms with E-state index < -0.39 is 97.5 Å². The summed E-state index contributed by atoms with van der Waals surface area (Å²) in [4.78, 5) is 72.6. The van der Waals surface area contributed by atoms with E-state index in [1.165, 1.54) is 128 Å². The molecule has 536 valence electrons. The zero-order chi connectivity index (χ0) is 67.3. The van der Waals surface area contributed by atoms with Crippen molar-refractivity contribution < 1.29 is 80.2 Å². The van der Waals surface area contributed by atoms with Gasteiger partial charge in [0.05, 0.1) is 26.4 Å². The molecule has 0 fully saturated rings. The standard InChI is InChI=1S/C72H136O17P2/c1-8-9-10-11-12-13-14-15-16-17-20-26-33-41-48-55-71(76)88-67(59-82-69(74)53-46-39-32-25-21-18-19-23-29-36-43-50-63(2)3)61-86-90(78,79)84-57-66(73)58-85-91(80,81)87-62-68(60-83-70(75)54-47-40-35-28-31-38-45-52-65(6)7)89-72(77)56-49-42-34-27-22-24-30-37-44-51-64(4)5/h13-16,63-68,73H,8-12,17-62H2,1-7H3,(H,78,79)(H,80,81)/b14-13-,16-15-/t66?,67-,68-/m1/s1. The molecule has 0 bridgehead atoms. The van der Waals surface area contributed by atoms with E-state index in [9.17, 15) is 43.2 Å². The van der Waals surface area contributed by atoms with Crippen molar-refractivity contribution in [3.63, 3.8) is 0 Å². The summed E-state index contributed by atoms with van der Waals surface area (Å²) in [6.45, 7) is 11.7. The third kappa shape index (κ3) is 66.0. The van der Waals surface area contributed by atoms with E-state index in [1.54, 1.807) is 0 Å². The molecule has 0 saturated carbocycles. The van der Waals surface area contributed by atoms with Crippen molar-refractivity contribution in [2.24, 2.45) is 17.8 Å². The average molecular weight is 1340 g/mol. The molecule has 0 aliphatic heterocycles. The maximum atomic E-state index is 13.0. The number of rotatable bonds is 68. The maximum absolute atomic E-state index is 13.0. The maximum Gasteiger partial charge on any atom is 0.472 e. The van der Waals surface area contributed by atoms with Crippen molar-refractivity contribution in [3.05, 3.63) is 24.3 Å². The number of aliphatic hydroxyl groups is 1. The Morgan fingerprint density at radius 2 is 0.593 bits per heavy atom. The summed E-state index contributed by atoms with van der Waals surface area (Å²) in [5.74, 6) is 0.0512. The zero-order valence-corrected chi connectivity index (χ0v) is 60.6. The molecule has 5 atom stereocenters. The number of carbonyl (C=O) groups excluding carboxylic acids is 4. The minimum Gasteiger partial charge on any atom is -0.462 e. The predicted molar refractivity (Wildman–Crippen MR) is 367 cm³/mol. The minimum absolute atomic E-state index is 0.0844.